The molecule has 8 heteroatoms. The molecule has 1 aromatic heterocycles. The first-order chi connectivity index (χ1) is 12.0. The molecule has 2 N–H and O–H groups in total. The van der Waals surface area contributed by atoms with Crippen LogP contribution in [-0.4, -0.2) is 46.9 Å². The number of benzene rings is 2. The number of rotatable bonds is 5. The fourth-order valence-corrected chi connectivity index (χ4v) is 2.64. The summed E-state index contributed by atoms with van der Waals surface area (Å²) in [6.07, 6.45) is 1.68. The fourth-order valence-electron chi connectivity index (χ4n) is 2.64. The molecule has 2 aromatic carbocycles. The predicted octanol–water partition coefficient (Wildman–Crippen LogP) is 0.560. The Kier molecular flexibility index (Phi) is 4.73. The van der Waals surface area contributed by atoms with Gasteiger partial charge in [0.05, 0.1) is 31.6 Å². The van der Waals surface area contributed by atoms with E-state index in [0.717, 1.165) is 11.1 Å². The van der Waals surface area contributed by atoms with Crippen molar-refractivity contribution < 1.29 is 24.3 Å². The van der Waals surface area contributed by atoms with Gasteiger partial charge in [0.25, 0.3) is 0 Å². The summed E-state index contributed by atoms with van der Waals surface area (Å²) >= 11 is 0. The minimum Gasteiger partial charge on any atom is -0.496 e. The summed E-state index contributed by atoms with van der Waals surface area (Å²) < 4.78 is 11.9. The van der Waals surface area contributed by atoms with Crippen LogP contribution in [0.3, 0.4) is 0 Å². The van der Waals surface area contributed by atoms with E-state index < -0.39 is 13.1 Å². The van der Waals surface area contributed by atoms with Crippen LogP contribution in [0.2, 0.25) is 0 Å². The van der Waals surface area contributed by atoms with Crippen LogP contribution in [0.15, 0.2) is 42.7 Å². The zero-order valence-corrected chi connectivity index (χ0v) is 13.8. The van der Waals surface area contributed by atoms with Crippen LogP contribution < -0.4 is 10.2 Å². The first-order valence-electron chi connectivity index (χ1n) is 7.59. The number of hydrogen-bond acceptors (Lipinski definition) is 6. The Morgan fingerprint density at radius 2 is 1.92 bits per heavy atom. The molecule has 1 heterocycles. The van der Waals surface area contributed by atoms with Crippen LogP contribution in [0.25, 0.3) is 11.0 Å². The van der Waals surface area contributed by atoms with Gasteiger partial charge in [-0.2, -0.15) is 0 Å². The molecular formula is C17H17BN2O5. The Morgan fingerprint density at radius 1 is 1.20 bits per heavy atom. The summed E-state index contributed by atoms with van der Waals surface area (Å²) in [5.74, 6) is -0.0707. The molecular weight excluding hydrogens is 323 g/mol. The third-order valence-corrected chi connectivity index (χ3v) is 3.98. The highest BCUT2D eigenvalue weighted by atomic mass is 16.5. The number of fused-ring (bicyclic) bond motifs is 1. The molecule has 3 aromatic rings. The molecule has 0 amide bonds. The number of carbonyl (C=O) groups excluding carboxylic acids is 1. The van der Waals surface area contributed by atoms with Gasteiger partial charge in [0.15, 0.2) is 0 Å². The quantitative estimate of drug-likeness (QED) is 0.521. The van der Waals surface area contributed by atoms with Gasteiger partial charge >= 0.3 is 13.1 Å². The van der Waals surface area contributed by atoms with Crippen molar-refractivity contribution in [1.29, 1.82) is 0 Å². The molecule has 0 bridgehead atoms. The van der Waals surface area contributed by atoms with Gasteiger partial charge in [-0.15, -0.1) is 0 Å². The second-order valence-electron chi connectivity index (χ2n) is 5.52. The zero-order valence-electron chi connectivity index (χ0n) is 13.8. The molecule has 0 aliphatic carbocycles. The van der Waals surface area contributed by atoms with Crippen molar-refractivity contribution in [2.45, 2.75) is 6.54 Å². The van der Waals surface area contributed by atoms with Crippen LogP contribution in [0.4, 0.5) is 0 Å². The lowest BCUT2D eigenvalue weighted by Gasteiger charge is -2.09. The van der Waals surface area contributed by atoms with Crippen LogP contribution in [0, 0.1) is 0 Å². The Bertz CT molecular complexity index is 905. The third kappa shape index (κ3) is 3.35. The topological polar surface area (TPSA) is 93.8 Å². The number of aromatic nitrogens is 2. The Balaban J connectivity index is 1.98. The van der Waals surface area contributed by atoms with Crippen molar-refractivity contribution in [3.05, 3.63) is 53.9 Å². The Morgan fingerprint density at radius 3 is 2.52 bits per heavy atom. The lowest BCUT2D eigenvalue weighted by atomic mass is 9.80. The van der Waals surface area contributed by atoms with Gasteiger partial charge in [0, 0.05) is 12.6 Å². The average molecular weight is 340 g/mol. The lowest BCUT2D eigenvalue weighted by molar-refractivity contribution is 0.0597. The number of esters is 1. The van der Waals surface area contributed by atoms with E-state index in [9.17, 15) is 4.79 Å². The smallest absolute Gasteiger partial charge is 0.488 e. The molecule has 0 fully saturated rings. The van der Waals surface area contributed by atoms with Crippen LogP contribution in [0.1, 0.15) is 15.9 Å². The van der Waals surface area contributed by atoms with Gasteiger partial charge in [0.1, 0.15) is 11.3 Å². The van der Waals surface area contributed by atoms with Gasteiger partial charge in [-0.1, -0.05) is 24.3 Å². The van der Waals surface area contributed by atoms with Crippen molar-refractivity contribution in [1.82, 2.24) is 9.55 Å². The van der Waals surface area contributed by atoms with Gasteiger partial charge in [-0.3, -0.25) is 0 Å². The number of imidazole rings is 1. The highest BCUT2D eigenvalue weighted by Crippen LogP contribution is 2.26. The summed E-state index contributed by atoms with van der Waals surface area (Å²) in [7, 11) is 1.32. The Labute approximate surface area is 144 Å². The minimum atomic E-state index is -1.49. The van der Waals surface area contributed by atoms with E-state index >= 15 is 0 Å². The van der Waals surface area contributed by atoms with Crippen molar-refractivity contribution in [3.8, 4) is 5.75 Å². The standard InChI is InChI=1S/C17H17BN2O5/c1-24-16-8-14-15(7-13(16)17(21)25-2)20(10-19-14)9-11-3-5-12(6-4-11)18(22)23/h3-8,10,22-23H,9H2,1-2H3. The second kappa shape index (κ2) is 6.96. The molecule has 7 nitrogen and oxygen atoms in total. The lowest BCUT2D eigenvalue weighted by Crippen LogP contribution is -2.29. The first-order valence-corrected chi connectivity index (χ1v) is 7.59. The maximum absolute atomic E-state index is 12.0. The van der Waals surface area contributed by atoms with Gasteiger partial charge < -0.3 is 24.1 Å². The van der Waals surface area contributed by atoms with Crippen molar-refractivity contribution in [2.75, 3.05) is 14.2 Å². The van der Waals surface area contributed by atoms with Gasteiger partial charge in [-0.05, 0) is 17.1 Å². The molecule has 0 unspecified atom stereocenters. The van der Waals surface area contributed by atoms with E-state index in [1.54, 1.807) is 30.6 Å². The van der Waals surface area contributed by atoms with E-state index in [1.807, 2.05) is 16.7 Å². The molecule has 0 spiro atoms. The summed E-state index contributed by atoms with van der Waals surface area (Å²) in [5, 5.41) is 18.3. The number of methoxy groups -OCH3 is 2. The van der Waals surface area contributed by atoms with Crippen LogP contribution in [-0.2, 0) is 11.3 Å². The average Bonchev–Trinajstić information content (AvgIpc) is 3.02. The highest BCUT2D eigenvalue weighted by molar-refractivity contribution is 6.58. The Hall–Kier alpha value is -2.84. The maximum atomic E-state index is 12.0. The summed E-state index contributed by atoms with van der Waals surface area (Å²) in [6, 6.07) is 10.3. The molecule has 25 heavy (non-hydrogen) atoms. The van der Waals surface area contributed by atoms with Crippen molar-refractivity contribution >= 4 is 29.6 Å². The molecule has 0 aliphatic heterocycles. The number of carbonyl (C=O) groups is 1. The normalized spacial score (nSPS) is 10.7. The molecule has 0 saturated heterocycles. The van der Waals surface area contributed by atoms with Crippen LogP contribution in [0.5, 0.6) is 5.75 Å². The number of hydrogen-bond donors (Lipinski definition) is 2. The third-order valence-electron chi connectivity index (χ3n) is 3.98. The van der Waals surface area contributed by atoms with E-state index in [2.05, 4.69) is 4.98 Å². The zero-order chi connectivity index (χ0) is 18.0. The van der Waals surface area contributed by atoms with E-state index in [4.69, 9.17) is 19.5 Å². The molecule has 0 saturated carbocycles. The summed E-state index contributed by atoms with van der Waals surface area (Å²) in [5.41, 5.74) is 3.19. The van der Waals surface area contributed by atoms with E-state index in [-0.39, 0.29) is 0 Å². The fraction of sp³-hybridized carbons (Fsp3) is 0.176. The minimum absolute atomic E-state index is 0.331. The van der Waals surface area contributed by atoms with Crippen LogP contribution >= 0.6 is 0 Å². The highest BCUT2D eigenvalue weighted by Gasteiger charge is 2.17. The monoisotopic (exact) mass is 340 g/mol. The summed E-state index contributed by atoms with van der Waals surface area (Å²) in [6.45, 7) is 0.519. The largest absolute Gasteiger partial charge is 0.496 e. The SMILES string of the molecule is COC(=O)c1cc2c(cc1OC)ncn2Cc1ccc(B(O)O)cc1. The van der Waals surface area contributed by atoms with Gasteiger partial charge in [0.2, 0.25) is 0 Å². The number of nitrogens with zero attached hydrogens (tertiary/aromatic N) is 2. The van der Waals surface area contributed by atoms with Crippen molar-refractivity contribution in [3.63, 3.8) is 0 Å². The molecule has 128 valence electrons. The van der Waals surface area contributed by atoms with Gasteiger partial charge in [-0.25, -0.2) is 9.78 Å². The molecule has 0 atom stereocenters. The second-order valence-corrected chi connectivity index (χ2v) is 5.52. The molecule has 3 rings (SSSR count). The number of ether oxygens (including phenoxy) is 2. The van der Waals surface area contributed by atoms with Crippen molar-refractivity contribution in [2.24, 2.45) is 0 Å². The van der Waals surface area contributed by atoms with E-state index in [0.29, 0.717) is 28.8 Å². The van der Waals surface area contributed by atoms with E-state index in [1.165, 1.54) is 14.2 Å². The first kappa shape index (κ1) is 17.0. The molecule has 0 radical (unpaired) electrons. The molecule has 0 aliphatic rings. The maximum Gasteiger partial charge on any atom is 0.488 e. The summed E-state index contributed by atoms with van der Waals surface area (Å²) in [4.78, 5) is 16.3. The predicted molar refractivity (Wildman–Crippen MR) is 93.0 cm³/mol.